The van der Waals surface area contributed by atoms with Gasteiger partial charge in [-0.05, 0) is 6.42 Å². The second-order valence-corrected chi connectivity index (χ2v) is 2.91. The number of carbonyl (C=O) groups is 1. The van der Waals surface area contributed by atoms with Gasteiger partial charge in [0, 0.05) is 57.8 Å². The summed E-state index contributed by atoms with van der Waals surface area (Å²) in [5.41, 5.74) is 0. The van der Waals surface area contributed by atoms with E-state index in [-0.39, 0.29) is 51.4 Å². The SMILES string of the molecule is CCCCCCCCC(=O)O.[K]. The molecule has 0 aromatic carbocycles. The van der Waals surface area contributed by atoms with Crippen LogP contribution in [0.25, 0.3) is 0 Å². The van der Waals surface area contributed by atoms with Gasteiger partial charge < -0.3 is 5.11 Å². The molecule has 0 aliphatic heterocycles. The van der Waals surface area contributed by atoms with Gasteiger partial charge in [0.25, 0.3) is 0 Å². The van der Waals surface area contributed by atoms with Gasteiger partial charge in [0.15, 0.2) is 0 Å². The Bertz CT molecular complexity index is 105. The average Bonchev–Trinajstić information content (AvgIpc) is 1.96. The van der Waals surface area contributed by atoms with Gasteiger partial charge in [0.1, 0.15) is 0 Å². The molecule has 0 aromatic heterocycles. The van der Waals surface area contributed by atoms with E-state index in [9.17, 15) is 4.79 Å². The van der Waals surface area contributed by atoms with Gasteiger partial charge in [-0.2, -0.15) is 0 Å². The minimum atomic E-state index is -0.666. The molecule has 0 spiro atoms. The molecule has 0 rings (SSSR count). The Morgan fingerprint density at radius 3 is 2.08 bits per heavy atom. The molecular weight excluding hydrogens is 179 g/mol. The summed E-state index contributed by atoms with van der Waals surface area (Å²) < 4.78 is 0. The van der Waals surface area contributed by atoms with Crippen molar-refractivity contribution in [3.63, 3.8) is 0 Å². The van der Waals surface area contributed by atoms with Crippen molar-refractivity contribution < 1.29 is 9.90 Å². The van der Waals surface area contributed by atoms with Crippen LogP contribution in [0, 0.1) is 0 Å². The molecule has 0 aliphatic carbocycles. The molecule has 0 saturated carbocycles. The number of carboxylic acid groups (broad SMARTS) is 1. The van der Waals surface area contributed by atoms with Crippen LogP contribution in [0.5, 0.6) is 0 Å². The molecule has 0 aliphatic rings. The van der Waals surface area contributed by atoms with Crippen molar-refractivity contribution in [3.05, 3.63) is 0 Å². The third-order valence-electron chi connectivity index (χ3n) is 1.74. The van der Waals surface area contributed by atoms with Crippen molar-refractivity contribution in [1.29, 1.82) is 0 Å². The first-order valence-corrected chi connectivity index (χ1v) is 4.49. The van der Waals surface area contributed by atoms with Gasteiger partial charge in [0.2, 0.25) is 0 Å². The summed E-state index contributed by atoms with van der Waals surface area (Å²) in [7, 11) is 0. The van der Waals surface area contributed by atoms with Crippen LogP contribution in [0.3, 0.4) is 0 Å². The number of rotatable bonds is 7. The van der Waals surface area contributed by atoms with Gasteiger partial charge >= 0.3 is 5.97 Å². The fraction of sp³-hybridized carbons (Fsp3) is 0.889. The Balaban J connectivity index is 0. The van der Waals surface area contributed by atoms with Crippen molar-refractivity contribution >= 4 is 57.4 Å². The topological polar surface area (TPSA) is 37.3 Å². The van der Waals surface area contributed by atoms with E-state index in [1.54, 1.807) is 0 Å². The quantitative estimate of drug-likeness (QED) is 0.503. The predicted molar refractivity (Wildman–Crippen MR) is 51.4 cm³/mol. The van der Waals surface area contributed by atoms with Crippen LogP contribution in [-0.4, -0.2) is 62.5 Å². The van der Waals surface area contributed by atoms with E-state index in [1.165, 1.54) is 25.7 Å². The Hall–Kier alpha value is 1.11. The molecule has 0 bridgehead atoms. The number of hydrogen-bond donors (Lipinski definition) is 1. The van der Waals surface area contributed by atoms with Gasteiger partial charge in [-0.15, -0.1) is 0 Å². The molecular formula is C9H18KO2. The number of hydrogen-bond acceptors (Lipinski definition) is 1. The van der Waals surface area contributed by atoms with Crippen LogP contribution in [0.2, 0.25) is 0 Å². The van der Waals surface area contributed by atoms with Gasteiger partial charge in [-0.25, -0.2) is 0 Å². The molecule has 2 nitrogen and oxygen atoms in total. The third kappa shape index (κ3) is 13.7. The Morgan fingerprint density at radius 2 is 1.58 bits per heavy atom. The summed E-state index contributed by atoms with van der Waals surface area (Å²) in [5.74, 6) is -0.666. The molecule has 12 heavy (non-hydrogen) atoms. The summed E-state index contributed by atoms with van der Waals surface area (Å²) in [4.78, 5) is 10.1. The maximum Gasteiger partial charge on any atom is 0.303 e. The standard InChI is InChI=1S/C9H18O2.K/c1-2-3-4-5-6-7-8-9(10)11;/h2-8H2,1H3,(H,10,11);. The molecule has 0 saturated heterocycles. The molecule has 0 atom stereocenters. The first-order valence-electron chi connectivity index (χ1n) is 4.49. The van der Waals surface area contributed by atoms with E-state index in [4.69, 9.17) is 5.11 Å². The molecule has 0 unspecified atom stereocenters. The molecule has 0 amide bonds. The normalized spacial score (nSPS) is 9.08. The maximum absolute atomic E-state index is 10.1. The monoisotopic (exact) mass is 197 g/mol. The smallest absolute Gasteiger partial charge is 0.303 e. The summed E-state index contributed by atoms with van der Waals surface area (Å²) in [5, 5.41) is 8.32. The van der Waals surface area contributed by atoms with Crippen LogP contribution in [-0.2, 0) is 4.79 Å². The number of unbranched alkanes of at least 4 members (excludes halogenated alkanes) is 5. The Kier molecular flexibility index (Phi) is 15.7. The van der Waals surface area contributed by atoms with Crippen molar-refractivity contribution in [3.8, 4) is 0 Å². The maximum atomic E-state index is 10.1. The molecule has 0 heterocycles. The van der Waals surface area contributed by atoms with Gasteiger partial charge in [-0.1, -0.05) is 39.0 Å². The first-order chi connectivity index (χ1) is 5.27. The van der Waals surface area contributed by atoms with Gasteiger partial charge in [-0.3, -0.25) is 4.79 Å². The van der Waals surface area contributed by atoms with Crippen molar-refractivity contribution in [1.82, 2.24) is 0 Å². The van der Waals surface area contributed by atoms with Gasteiger partial charge in [0.05, 0.1) is 0 Å². The second-order valence-electron chi connectivity index (χ2n) is 2.91. The summed E-state index contributed by atoms with van der Waals surface area (Å²) >= 11 is 0. The molecule has 67 valence electrons. The van der Waals surface area contributed by atoms with Crippen LogP contribution < -0.4 is 0 Å². The van der Waals surface area contributed by atoms with E-state index in [1.807, 2.05) is 0 Å². The minimum Gasteiger partial charge on any atom is -0.481 e. The van der Waals surface area contributed by atoms with Crippen molar-refractivity contribution in [2.24, 2.45) is 0 Å². The zero-order valence-electron chi connectivity index (χ0n) is 8.31. The fourth-order valence-corrected chi connectivity index (χ4v) is 1.06. The van der Waals surface area contributed by atoms with Crippen molar-refractivity contribution in [2.75, 3.05) is 0 Å². The van der Waals surface area contributed by atoms with Crippen molar-refractivity contribution in [2.45, 2.75) is 51.9 Å². The summed E-state index contributed by atoms with van der Waals surface area (Å²) in [6.45, 7) is 2.18. The zero-order chi connectivity index (χ0) is 8.53. The first kappa shape index (κ1) is 15.6. The molecule has 1 radical (unpaired) electrons. The molecule has 1 N–H and O–H groups in total. The average molecular weight is 197 g/mol. The van der Waals surface area contributed by atoms with E-state index in [0.717, 1.165) is 12.8 Å². The summed E-state index contributed by atoms with van der Waals surface area (Å²) in [6.07, 6.45) is 7.25. The summed E-state index contributed by atoms with van der Waals surface area (Å²) in [6, 6.07) is 0. The molecule has 0 aromatic rings. The zero-order valence-corrected chi connectivity index (χ0v) is 11.4. The largest absolute Gasteiger partial charge is 0.481 e. The third-order valence-corrected chi connectivity index (χ3v) is 1.74. The Morgan fingerprint density at radius 1 is 1.08 bits per heavy atom. The Labute approximate surface area is 118 Å². The number of carboxylic acids is 1. The van der Waals surface area contributed by atoms with E-state index in [2.05, 4.69) is 6.92 Å². The van der Waals surface area contributed by atoms with Crippen LogP contribution in [0.4, 0.5) is 0 Å². The van der Waals surface area contributed by atoms with Crippen LogP contribution in [0.15, 0.2) is 0 Å². The van der Waals surface area contributed by atoms with Crippen LogP contribution in [0.1, 0.15) is 51.9 Å². The number of aliphatic carboxylic acids is 1. The fourth-order valence-electron chi connectivity index (χ4n) is 1.06. The molecule has 3 heteroatoms. The van der Waals surface area contributed by atoms with E-state index < -0.39 is 5.97 Å². The second kappa shape index (κ2) is 12.1. The van der Waals surface area contributed by atoms with E-state index in [0.29, 0.717) is 6.42 Å². The molecule has 0 fully saturated rings. The minimum absolute atomic E-state index is 0. The predicted octanol–water partition coefficient (Wildman–Crippen LogP) is 2.44. The van der Waals surface area contributed by atoms with Crippen LogP contribution >= 0.6 is 0 Å². The van der Waals surface area contributed by atoms with E-state index >= 15 is 0 Å².